The predicted octanol–water partition coefficient (Wildman–Crippen LogP) is 1.26. The van der Waals surface area contributed by atoms with Crippen LogP contribution in [0.25, 0.3) is 0 Å². The SMILES string of the molecule is COc1ccc(C[NH+](C)[C@@H](C)C(=O)NC(=O)NC2CCCCC2)cc1. The van der Waals surface area contributed by atoms with Crippen molar-refractivity contribution < 1.29 is 19.2 Å². The largest absolute Gasteiger partial charge is 0.497 e. The number of hydrogen-bond donors (Lipinski definition) is 3. The van der Waals surface area contributed by atoms with E-state index in [1.54, 1.807) is 7.11 Å². The minimum atomic E-state index is -0.374. The van der Waals surface area contributed by atoms with Crippen molar-refractivity contribution in [3.63, 3.8) is 0 Å². The van der Waals surface area contributed by atoms with Crippen molar-refractivity contribution >= 4 is 11.9 Å². The Labute approximate surface area is 149 Å². The van der Waals surface area contributed by atoms with Crippen LogP contribution in [0, 0.1) is 0 Å². The van der Waals surface area contributed by atoms with Gasteiger partial charge in [-0.05, 0) is 44.0 Å². The van der Waals surface area contributed by atoms with Gasteiger partial charge in [-0.2, -0.15) is 0 Å². The van der Waals surface area contributed by atoms with Gasteiger partial charge >= 0.3 is 6.03 Å². The molecule has 0 spiro atoms. The Morgan fingerprint density at radius 3 is 2.44 bits per heavy atom. The van der Waals surface area contributed by atoms with Crippen molar-refractivity contribution in [1.82, 2.24) is 10.6 Å². The molecule has 1 fully saturated rings. The summed E-state index contributed by atoms with van der Waals surface area (Å²) >= 11 is 0. The van der Waals surface area contributed by atoms with Crippen molar-refractivity contribution in [1.29, 1.82) is 0 Å². The molecule has 0 heterocycles. The topological polar surface area (TPSA) is 71.9 Å². The zero-order chi connectivity index (χ0) is 18.2. The number of ether oxygens (including phenoxy) is 1. The van der Waals surface area contributed by atoms with Crippen LogP contribution in [-0.4, -0.2) is 38.2 Å². The maximum atomic E-state index is 12.3. The van der Waals surface area contributed by atoms with Gasteiger partial charge < -0.3 is 15.0 Å². The summed E-state index contributed by atoms with van der Waals surface area (Å²) < 4.78 is 5.15. The number of nitrogens with one attached hydrogen (secondary N) is 3. The summed E-state index contributed by atoms with van der Waals surface area (Å²) in [4.78, 5) is 25.3. The van der Waals surface area contributed by atoms with E-state index in [4.69, 9.17) is 4.74 Å². The third-order valence-corrected chi connectivity index (χ3v) is 4.95. The molecule has 6 heteroatoms. The third kappa shape index (κ3) is 6.05. The summed E-state index contributed by atoms with van der Waals surface area (Å²) in [6.45, 7) is 2.53. The summed E-state index contributed by atoms with van der Waals surface area (Å²) in [6, 6.07) is 7.29. The molecule has 2 rings (SSSR count). The number of imide groups is 1. The normalized spacial score (nSPS) is 17.4. The fraction of sp³-hybridized carbons (Fsp3) is 0.579. The predicted molar refractivity (Wildman–Crippen MR) is 96.6 cm³/mol. The number of urea groups is 1. The maximum absolute atomic E-state index is 12.3. The number of benzene rings is 1. The van der Waals surface area contributed by atoms with E-state index in [2.05, 4.69) is 10.6 Å². The van der Waals surface area contributed by atoms with Crippen LogP contribution in [0.4, 0.5) is 4.79 Å². The first kappa shape index (κ1) is 19.2. The first-order chi connectivity index (χ1) is 12.0. The van der Waals surface area contributed by atoms with E-state index in [-0.39, 0.29) is 24.0 Å². The fourth-order valence-electron chi connectivity index (χ4n) is 3.13. The number of quaternary nitrogens is 1. The van der Waals surface area contributed by atoms with Crippen LogP contribution in [0.1, 0.15) is 44.6 Å². The number of likely N-dealkylation sites (N-methyl/N-ethyl adjacent to an activating group) is 1. The molecule has 0 saturated heterocycles. The Kier molecular flexibility index (Phi) is 7.25. The van der Waals surface area contributed by atoms with Gasteiger partial charge in [0, 0.05) is 11.6 Å². The molecular formula is C19H30N3O3+. The van der Waals surface area contributed by atoms with Crippen molar-refractivity contribution in [3.8, 4) is 5.75 Å². The van der Waals surface area contributed by atoms with Crippen molar-refractivity contribution in [2.45, 2.75) is 57.7 Å². The molecule has 0 aromatic heterocycles. The molecule has 0 aliphatic heterocycles. The molecule has 1 aliphatic rings. The lowest BCUT2D eigenvalue weighted by Gasteiger charge is -2.24. The third-order valence-electron chi connectivity index (χ3n) is 4.95. The second kappa shape index (κ2) is 9.42. The minimum absolute atomic E-state index is 0.196. The summed E-state index contributed by atoms with van der Waals surface area (Å²) in [7, 11) is 3.59. The number of hydrogen-bond acceptors (Lipinski definition) is 3. The molecule has 3 amide bonds. The Morgan fingerprint density at radius 2 is 1.84 bits per heavy atom. The van der Waals surface area contributed by atoms with Gasteiger partial charge in [-0.25, -0.2) is 4.79 Å². The van der Waals surface area contributed by atoms with E-state index in [0.717, 1.165) is 41.9 Å². The summed E-state index contributed by atoms with van der Waals surface area (Å²) in [5.41, 5.74) is 1.12. The van der Waals surface area contributed by atoms with Crippen LogP contribution < -0.4 is 20.3 Å². The maximum Gasteiger partial charge on any atom is 0.321 e. The molecule has 138 valence electrons. The van der Waals surface area contributed by atoms with E-state index in [0.29, 0.717) is 6.54 Å². The first-order valence-corrected chi connectivity index (χ1v) is 9.06. The molecule has 3 N–H and O–H groups in total. The Morgan fingerprint density at radius 1 is 1.20 bits per heavy atom. The van der Waals surface area contributed by atoms with Crippen LogP contribution in [0.3, 0.4) is 0 Å². The lowest BCUT2D eigenvalue weighted by molar-refractivity contribution is -0.908. The second-order valence-corrected chi connectivity index (χ2v) is 6.89. The van der Waals surface area contributed by atoms with Gasteiger partial charge in [0.2, 0.25) is 0 Å². The highest BCUT2D eigenvalue weighted by Crippen LogP contribution is 2.17. The molecule has 2 atom stereocenters. The number of amides is 3. The van der Waals surface area contributed by atoms with Crippen molar-refractivity contribution in [2.75, 3.05) is 14.2 Å². The number of rotatable bonds is 6. The number of methoxy groups -OCH3 is 1. The lowest BCUT2D eigenvalue weighted by Crippen LogP contribution is -3.12. The van der Waals surface area contributed by atoms with E-state index >= 15 is 0 Å². The smallest absolute Gasteiger partial charge is 0.321 e. The molecule has 1 saturated carbocycles. The Bertz CT molecular complexity index is 568. The zero-order valence-corrected chi connectivity index (χ0v) is 15.4. The summed E-state index contributed by atoms with van der Waals surface area (Å²) in [5.74, 6) is 0.561. The Hall–Kier alpha value is -2.08. The van der Waals surface area contributed by atoms with Crippen LogP contribution in [0.15, 0.2) is 24.3 Å². The number of carbonyl (C=O) groups is 2. The fourth-order valence-corrected chi connectivity index (χ4v) is 3.13. The van der Waals surface area contributed by atoms with Gasteiger partial charge in [0.15, 0.2) is 6.04 Å². The van der Waals surface area contributed by atoms with Crippen molar-refractivity contribution in [2.24, 2.45) is 0 Å². The van der Waals surface area contributed by atoms with E-state index in [1.165, 1.54) is 6.42 Å². The zero-order valence-electron chi connectivity index (χ0n) is 15.4. The molecule has 1 aromatic rings. The van der Waals surface area contributed by atoms with Gasteiger partial charge in [0.1, 0.15) is 12.3 Å². The first-order valence-electron chi connectivity index (χ1n) is 9.06. The molecule has 0 bridgehead atoms. The van der Waals surface area contributed by atoms with Gasteiger partial charge in [0.05, 0.1) is 14.2 Å². The standard InChI is InChI=1S/C19H29N3O3/c1-14(22(2)13-15-9-11-17(25-3)12-10-15)18(23)21-19(24)20-16-7-5-4-6-8-16/h9-12,14,16H,4-8,13H2,1-3H3,(H2,20,21,23,24)/p+1/t14-/m0/s1. The van der Waals surface area contributed by atoms with Crippen LogP contribution in [-0.2, 0) is 11.3 Å². The monoisotopic (exact) mass is 348 g/mol. The van der Waals surface area contributed by atoms with Gasteiger partial charge in [0.25, 0.3) is 5.91 Å². The summed E-state index contributed by atoms with van der Waals surface area (Å²) in [5, 5.41) is 5.39. The second-order valence-electron chi connectivity index (χ2n) is 6.89. The summed E-state index contributed by atoms with van der Waals surface area (Å²) in [6.07, 6.45) is 5.52. The van der Waals surface area contributed by atoms with Crippen LogP contribution in [0.5, 0.6) is 5.75 Å². The van der Waals surface area contributed by atoms with Crippen LogP contribution >= 0.6 is 0 Å². The van der Waals surface area contributed by atoms with Gasteiger partial charge in [-0.3, -0.25) is 10.1 Å². The average molecular weight is 348 g/mol. The molecule has 1 unspecified atom stereocenters. The average Bonchev–Trinajstić information content (AvgIpc) is 2.62. The highest BCUT2D eigenvalue weighted by atomic mass is 16.5. The quantitative estimate of drug-likeness (QED) is 0.725. The molecule has 1 aromatic carbocycles. The van der Waals surface area contributed by atoms with Gasteiger partial charge in [-0.1, -0.05) is 19.3 Å². The molecule has 25 heavy (non-hydrogen) atoms. The number of carbonyl (C=O) groups excluding carboxylic acids is 2. The Balaban J connectivity index is 1.79. The molecule has 0 radical (unpaired) electrons. The van der Waals surface area contributed by atoms with Gasteiger partial charge in [-0.15, -0.1) is 0 Å². The van der Waals surface area contributed by atoms with E-state index in [1.807, 2.05) is 38.2 Å². The highest BCUT2D eigenvalue weighted by molar-refractivity contribution is 5.96. The van der Waals surface area contributed by atoms with Crippen molar-refractivity contribution in [3.05, 3.63) is 29.8 Å². The highest BCUT2D eigenvalue weighted by Gasteiger charge is 2.25. The molecule has 1 aliphatic carbocycles. The van der Waals surface area contributed by atoms with E-state index < -0.39 is 0 Å². The van der Waals surface area contributed by atoms with E-state index in [9.17, 15) is 9.59 Å². The molecular weight excluding hydrogens is 318 g/mol. The van der Waals surface area contributed by atoms with Crippen LogP contribution in [0.2, 0.25) is 0 Å². The minimum Gasteiger partial charge on any atom is -0.497 e. The lowest BCUT2D eigenvalue weighted by atomic mass is 9.96. The molecule has 6 nitrogen and oxygen atoms in total.